The Morgan fingerprint density at radius 3 is 1.84 bits per heavy atom. The van der Waals surface area contributed by atoms with E-state index in [1.807, 2.05) is 0 Å². The highest BCUT2D eigenvalue weighted by molar-refractivity contribution is 5.93. The maximum atomic E-state index is 2.37. The van der Waals surface area contributed by atoms with Crippen LogP contribution >= 0.6 is 0 Å². The van der Waals surface area contributed by atoms with Crippen LogP contribution in [0, 0.1) is 0 Å². The first kappa shape index (κ1) is 14.2. The van der Waals surface area contributed by atoms with E-state index >= 15 is 0 Å². The molecule has 4 aromatic carbocycles. The molecule has 0 heteroatoms. The standard InChI is InChI=1S/C25H18/c1-3-9-18(10-4-1)21-16-22-15-20-13-7-8-14-23(20)25(22)24(17-21)19-11-5-2-6-12-19/h1-14,16-17H,15H2. The molecule has 0 spiro atoms. The Hall–Kier alpha value is -3.12. The van der Waals surface area contributed by atoms with E-state index in [9.17, 15) is 0 Å². The molecule has 0 fully saturated rings. The van der Waals surface area contributed by atoms with E-state index in [4.69, 9.17) is 0 Å². The van der Waals surface area contributed by atoms with Crippen molar-refractivity contribution in [3.05, 3.63) is 108 Å². The zero-order valence-corrected chi connectivity index (χ0v) is 13.9. The van der Waals surface area contributed by atoms with Crippen LogP contribution in [-0.2, 0) is 6.42 Å². The summed E-state index contributed by atoms with van der Waals surface area (Å²) in [5.74, 6) is 0. The van der Waals surface area contributed by atoms with Crippen LogP contribution in [0.3, 0.4) is 0 Å². The van der Waals surface area contributed by atoms with Crippen LogP contribution in [0.15, 0.2) is 97.1 Å². The molecule has 5 rings (SSSR count). The number of rotatable bonds is 2. The average molecular weight is 318 g/mol. The van der Waals surface area contributed by atoms with Crippen molar-refractivity contribution < 1.29 is 0 Å². The third-order valence-corrected chi connectivity index (χ3v) is 5.08. The van der Waals surface area contributed by atoms with Crippen LogP contribution in [0.1, 0.15) is 11.1 Å². The molecule has 118 valence electrons. The highest BCUT2D eigenvalue weighted by atomic mass is 14.3. The Bertz CT molecular complexity index is 1040. The zero-order valence-electron chi connectivity index (χ0n) is 13.9. The van der Waals surface area contributed by atoms with Gasteiger partial charge in [0.25, 0.3) is 0 Å². The molecule has 25 heavy (non-hydrogen) atoms. The fraction of sp³-hybridized carbons (Fsp3) is 0.0400. The zero-order chi connectivity index (χ0) is 16.6. The molecule has 4 aromatic rings. The molecule has 0 atom stereocenters. The molecular weight excluding hydrogens is 300 g/mol. The molecule has 0 aliphatic heterocycles. The SMILES string of the molecule is c1ccc(-c2cc3c(c(-c4ccccc4)c2)-c2ccccc2C3)cc1. The van der Waals surface area contributed by atoms with Crippen LogP contribution in [0.4, 0.5) is 0 Å². The molecule has 1 aliphatic carbocycles. The second kappa shape index (κ2) is 5.75. The molecular formula is C25H18. The summed E-state index contributed by atoms with van der Waals surface area (Å²) in [5, 5.41) is 0. The van der Waals surface area contributed by atoms with Gasteiger partial charge >= 0.3 is 0 Å². The third-order valence-electron chi connectivity index (χ3n) is 5.08. The van der Waals surface area contributed by atoms with Crippen LogP contribution in [0.5, 0.6) is 0 Å². The van der Waals surface area contributed by atoms with Crippen molar-refractivity contribution in [1.29, 1.82) is 0 Å². The van der Waals surface area contributed by atoms with Gasteiger partial charge in [-0.3, -0.25) is 0 Å². The quantitative estimate of drug-likeness (QED) is 0.344. The second-order valence-electron chi connectivity index (χ2n) is 6.62. The van der Waals surface area contributed by atoms with Crippen molar-refractivity contribution >= 4 is 0 Å². The molecule has 1 aliphatic rings. The molecule has 0 radical (unpaired) electrons. The Labute approximate surface area is 148 Å². The molecule has 0 saturated carbocycles. The Kier molecular flexibility index (Phi) is 3.28. The highest BCUT2D eigenvalue weighted by Gasteiger charge is 2.22. The first-order valence-electron chi connectivity index (χ1n) is 8.76. The summed E-state index contributed by atoms with van der Waals surface area (Å²) in [4.78, 5) is 0. The van der Waals surface area contributed by atoms with Gasteiger partial charge in [-0.1, -0.05) is 91.0 Å². The van der Waals surface area contributed by atoms with Gasteiger partial charge in [0, 0.05) is 0 Å². The van der Waals surface area contributed by atoms with E-state index in [-0.39, 0.29) is 0 Å². The van der Waals surface area contributed by atoms with Crippen LogP contribution in [0.2, 0.25) is 0 Å². The summed E-state index contributed by atoms with van der Waals surface area (Å²) >= 11 is 0. The van der Waals surface area contributed by atoms with Crippen molar-refractivity contribution in [2.45, 2.75) is 6.42 Å². The summed E-state index contributed by atoms with van der Waals surface area (Å²) < 4.78 is 0. The lowest BCUT2D eigenvalue weighted by Gasteiger charge is -2.13. The maximum Gasteiger partial charge on any atom is -0.00130 e. The predicted octanol–water partition coefficient (Wildman–Crippen LogP) is 6.59. The van der Waals surface area contributed by atoms with Crippen molar-refractivity contribution in [2.75, 3.05) is 0 Å². The van der Waals surface area contributed by atoms with E-state index in [0.29, 0.717) is 0 Å². The van der Waals surface area contributed by atoms with Crippen molar-refractivity contribution in [2.24, 2.45) is 0 Å². The van der Waals surface area contributed by atoms with Crippen LogP contribution in [0.25, 0.3) is 33.4 Å². The van der Waals surface area contributed by atoms with E-state index in [1.165, 1.54) is 44.5 Å². The van der Waals surface area contributed by atoms with Gasteiger partial charge in [-0.05, 0) is 57.0 Å². The molecule has 0 bridgehead atoms. The second-order valence-corrected chi connectivity index (χ2v) is 6.62. The minimum absolute atomic E-state index is 1.02. The third kappa shape index (κ3) is 2.38. The lowest BCUT2D eigenvalue weighted by molar-refractivity contribution is 1.26. The van der Waals surface area contributed by atoms with Gasteiger partial charge in [0.05, 0.1) is 0 Å². The van der Waals surface area contributed by atoms with Gasteiger partial charge in [-0.2, -0.15) is 0 Å². The molecule has 0 N–H and O–H groups in total. The Balaban J connectivity index is 1.80. The molecule has 0 nitrogen and oxygen atoms in total. The largest absolute Gasteiger partial charge is 0.0622 e. The van der Waals surface area contributed by atoms with Gasteiger partial charge < -0.3 is 0 Å². The molecule has 0 heterocycles. The lowest BCUT2D eigenvalue weighted by atomic mass is 9.90. The summed E-state index contributed by atoms with van der Waals surface area (Å²) in [5.41, 5.74) is 10.8. The first-order chi connectivity index (χ1) is 12.4. The molecule has 0 saturated heterocycles. The number of hydrogen-bond donors (Lipinski definition) is 0. The molecule has 0 amide bonds. The minimum Gasteiger partial charge on any atom is -0.0622 e. The molecule has 0 aromatic heterocycles. The molecule has 0 unspecified atom stereocenters. The van der Waals surface area contributed by atoms with Crippen molar-refractivity contribution in [3.8, 4) is 33.4 Å². The summed E-state index contributed by atoms with van der Waals surface area (Å²) in [6.07, 6.45) is 1.02. The number of fused-ring (bicyclic) bond motifs is 3. The summed E-state index contributed by atoms with van der Waals surface area (Å²) in [6.45, 7) is 0. The maximum absolute atomic E-state index is 2.37. The Morgan fingerprint density at radius 1 is 0.440 bits per heavy atom. The highest BCUT2D eigenvalue weighted by Crippen LogP contribution is 2.45. The van der Waals surface area contributed by atoms with Crippen molar-refractivity contribution in [3.63, 3.8) is 0 Å². The van der Waals surface area contributed by atoms with E-state index in [0.717, 1.165) is 6.42 Å². The summed E-state index contributed by atoms with van der Waals surface area (Å²) in [6, 6.07) is 35.0. The van der Waals surface area contributed by atoms with E-state index < -0.39 is 0 Å². The summed E-state index contributed by atoms with van der Waals surface area (Å²) in [7, 11) is 0. The van der Waals surface area contributed by atoms with Gasteiger partial charge in [-0.25, -0.2) is 0 Å². The number of benzene rings is 4. The fourth-order valence-corrected chi connectivity index (χ4v) is 3.93. The lowest BCUT2D eigenvalue weighted by Crippen LogP contribution is -1.89. The predicted molar refractivity (Wildman–Crippen MR) is 106 cm³/mol. The minimum atomic E-state index is 1.02. The monoisotopic (exact) mass is 318 g/mol. The topological polar surface area (TPSA) is 0 Å². The normalized spacial score (nSPS) is 11.8. The smallest absolute Gasteiger partial charge is 0.00130 e. The van der Waals surface area contributed by atoms with Gasteiger partial charge in [0.15, 0.2) is 0 Å². The van der Waals surface area contributed by atoms with Crippen molar-refractivity contribution in [1.82, 2.24) is 0 Å². The fourth-order valence-electron chi connectivity index (χ4n) is 3.93. The number of hydrogen-bond acceptors (Lipinski definition) is 0. The van der Waals surface area contributed by atoms with Gasteiger partial charge in [0.2, 0.25) is 0 Å². The average Bonchev–Trinajstić information content (AvgIpc) is 3.07. The van der Waals surface area contributed by atoms with Gasteiger partial charge in [-0.15, -0.1) is 0 Å². The van der Waals surface area contributed by atoms with Crippen LogP contribution < -0.4 is 0 Å². The van der Waals surface area contributed by atoms with Gasteiger partial charge in [0.1, 0.15) is 0 Å². The van der Waals surface area contributed by atoms with E-state index in [1.54, 1.807) is 0 Å². The van der Waals surface area contributed by atoms with E-state index in [2.05, 4.69) is 97.1 Å². The Morgan fingerprint density at radius 2 is 1.08 bits per heavy atom. The van der Waals surface area contributed by atoms with Crippen LogP contribution in [-0.4, -0.2) is 0 Å². The first-order valence-corrected chi connectivity index (χ1v) is 8.76.